The van der Waals surface area contributed by atoms with Crippen molar-refractivity contribution in [1.29, 1.82) is 0 Å². The quantitative estimate of drug-likeness (QED) is 0.272. The minimum atomic E-state index is 1.32. The van der Waals surface area contributed by atoms with E-state index in [9.17, 15) is 0 Å². The standard InChI is InChI=1S/C24H18/c1-15-5-3-7-17-9-11-19-13-14-20-12-10-18-8-4-6-16(2)22(18)24(20)23(19)21(15)17/h3-14H,1-2H3. The molecule has 5 aromatic rings. The summed E-state index contributed by atoms with van der Waals surface area (Å²) in [6.07, 6.45) is 0. The third-order valence-corrected chi connectivity index (χ3v) is 5.26. The number of hydrogen-bond donors (Lipinski definition) is 0. The topological polar surface area (TPSA) is 0 Å². The summed E-state index contributed by atoms with van der Waals surface area (Å²) in [5.74, 6) is 0. The van der Waals surface area contributed by atoms with Gasteiger partial charge in [0, 0.05) is 0 Å². The van der Waals surface area contributed by atoms with Gasteiger partial charge in [-0.05, 0) is 68.1 Å². The number of fused-ring (bicyclic) bond motifs is 7. The van der Waals surface area contributed by atoms with Crippen LogP contribution in [0.2, 0.25) is 0 Å². The highest BCUT2D eigenvalue weighted by Gasteiger charge is 2.11. The lowest BCUT2D eigenvalue weighted by Gasteiger charge is -2.13. The van der Waals surface area contributed by atoms with Crippen LogP contribution >= 0.6 is 0 Å². The zero-order valence-electron chi connectivity index (χ0n) is 13.9. The molecule has 0 saturated carbocycles. The average Bonchev–Trinajstić information content (AvgIpc) is 2.61. The van der Waals surface area contributed by atoms with Gasteiger partial charge in [-0.2, -0.15) is 0 Å². The van der Waals surface area contributed by atoms with Crippen molar-refractivity contribution in [2.24, 2.45) is 0 Å². The lowest BCUT2D eigenvalue weighted by atomic mass is 9.90. The Bertz CT molecular complexity index is 1150. The maximum Gasteiger partial charge on any atom is -0.00178 e. The highest BCUT2D eigenvalue weighted by Crippen LogP contribution is 2.38. The molecule has 0 bridgehead atoms. The van der Waals surface area contributed by atoms with Crippen molar-refractivity contribution in [1.82, 2.24) is 0 Å². The molecule has 114 valence electrons. The van der Waals surface area contributed by atoms with E-state index in [2.05, 4.69) is 86.6 Å². The summed E-state index contributed by atoms with van der Waals surface area (Å²) in [6, 6.07) is 26.7. The van der Waals surface area contributed by atoms with E-state index in [1.807, 2.05) is 0 Å². The Kier molecular flexibility index (Phi) is 2.72. The van der Waals surface area contributed by atoms with Crippen molar-refractivity contribution in [2.75, 3.05) is 0 Å². The minimum absolute atomic E-state index is 1.32. The molecular formula is C24H18. The van der Waals surface area contributed by atoms with Crippen molar-refractivity contribution < 1.29 is 0 Å². The van der Waals surface area contributed by atoms with Crippen molar-refractivity contribution in [2.45, 2.75) is 13.8 Å². The van der Waals surface area contributed by atoms with Crippen molar-refractivity contribution >= 4 is 43.1 Å². The predicted molar refractivity (Wildman–Crippen MR) is 106 cm³/mol. The lowest BCUT2D eigenvalue weighted by Crippen LogP contribution is -1.87. The second kappa shape index (κ2) is 4.82. The van der Waals surface area contributed by atoms with Crippen LogP contribution in [-0.4, -0.2) is 0 Å². The molecule has 0 fully saturated rings. The Balaban J connectivity index is 2.22. The van der Waals surface area contributed by atoms with E-state index in [1.54, 1.807) is 0 Å². The molecular weight excluding hydrogens is 288 g/mol. The molecule has 0 spiro atoms. The van der Waals surface area contributed by atoms with Crippen LogP contribution in [0.5, 0.6) is 0 Å². The van der Waals surface area contributed by atoms with Gasteiger partial charge in [-0.1, -0.05) is 72.8 Å². The molecule has 0 aliphatic heterocycles. The van der Waals surface area contributed by atoms with Gasteiger partial charge in [0.1, 0.15) is 0 Å². The van der Waals surface area contributed by atoms with Gasteiger partial charge < -0.3 is 0 Å². The summed E-state index contributed by atoms with van der Waals surface area (Å²) in [7, 11) is 0. The van der Waals surface area contributed by atoms with Crippen LogP contribution in [0.15, 0.2) is 72.8 Å². The molecule has 0 atom stereocenters. The average molecular weight is 306 g/mol. The fraction of sp³-hybridized carbons (Fsp3) is 0.0833. The van der Waals surface area contributed by atoms with Gasteiger partial charge in [0.25, 0.3) is 0 Å². The Morgan fingerprint density at radius 1 is 0.375 bits per heavy atom. The van der Waals surface area contributed by atoms with Gasteiger partial charge >= 0.3 is 0 Å². The van der Waals surface area contributed by atoms with E-state index >= 15 is 0 Å². The van der Waals surface area contributed by atoms with E-state index in [0.29, 0.717) is 0 Å². The molecule has 0 saturated heterocycles. The first-order valence-electron chi connectivity index (χ1n) is 8.47. The highest BCUT2D eigenvalue weighted by atomic mass is 14.1. The first kappa shape index (κ1) is 13.6. The fourth-order valence-corrected chi connectivity index (χ4v) is 4.15. The van der Waals surface area contributed by atoms with Crippen molar-refractivity contribution in [3.05, 3.63) is 83.9 Å². The van der Waals surface area contributed by atoms with Crippen LogP contribution in [0.1, 0.15) is 11.1 Å². The number of hydrogen-bond acceptors (Lipinski definition) is 0. The Morgan fingerprint density at radius 3 is 1.08 bits per heavy atom. The summed E-state index contributed by atoms with van der Waals surface area (Å²) >= 11 is 0. The molecule has 0 aliphatic carbocycles. The molecule has 0 aromatic heterocycles. The van der Waals surface area contributed by atoms with E-state index in [4.69, 9.17) is 0 Å². The van der Waals surface area contributed by atoms with Gasteiger partial charge in [0.2, 0.25) is 0 Å². The Morgan fingerprint density at radius 2 is 0.708 bits per heavy atom. The maximum atomic E-state index is 2.26. The molecule has 0 N–H and O–H groups in total. The zero-order chi connectivity index (χ0) is 16.3. The minimum Gasteiger partial charge on any atom is -0.0614 e. The molecule has 0 radical (unpaired) electrons. The van der Waals surface area contributed by atoms with E-state index in [1.165, 1.54) is 54.2 Å². The zero-order valence-corrected chi connectivity index (χ0v) is 13.9. The van der Waals surface area contributed by atoms with Gasteiger partial charge in [-0.3, -0.25) is 0 Å². The number of aryl methyl sites for hydroxylation is 2. The largest absolute Gasteiger partial charge is 0.0614 e. The molecule has 0 nitrogen and oxygen atoms in total. The molecule has 5 aromatic carbocycles. The third kappa shape index (κ3) is 1.74. The smallest absolute Gasteiger partial charge is 0.00178 e. The van der Waals surface area contributed by atoms with Crippen molar-refractivity contribution in [3.63, 3.8) is 0 Å². The first-order chi connectivity index (χ1) is 11.7. The maximum absolute atomic E-state index is 2.26. The molecule has 0 heterocycles. The summed E-state index contributed by atoms with van der Waals surface area (Å²) < 4.78 is 0. The SMILES string of the molecule is Cc1cccc2ccc3ccc4ccc5cccc(C)c5c4c3c12. The van der Waals surface area contributed by atoms with Crippen molar-refractivity contribution in [3.8, 4) is 0 Å². The van der Waals surface area contributed by atoms with Gasteiger partial charge in [-0.15, -0.1) is 0 Å². The van der Waals surface area contributed by atoms with Crippen LogP contribution < -0.4 is 0 Å². The van der Waals surface area contributed by atoms with E-state index in [-0.39, 0.29) is 0 Å². The van der Waals surface area contributed by atoms with Crippen LogP contribution in [0.4, 0.5) is 0 Å². The number of rotatable bonds is 0. The third-order valence-electron chi connectivity index (χ3n) is 5.26. The summed E-state index contributed by atoms with van der Waals surface area (Å²) in [4.78, 5) is 0. The van der Waals surface area contributed by atoms with E-state index < -0.39 is 0 Å². The van der Waals surface area contributed by atoms with Gasteiger partial charge in [0.15, 0.2) is 0 Å². The Labute approximate surface area is 141 Å². The van der Waals surface area contributed by atoms with Crippen LogP contribution in [-0.2, 0) is 0 Å². The molecule has 0 amide bonds. The predicted octanol–water partition coefficient (Wildman–Crippen LogP) is 6.92. The molecule has 24 heavy (non-hydrogen) atoms. The Hall–Kier alpha value is -2.86. The highest BCUT2D eigenvalue weighted by molar-refractivity contribution is 6.28. The second-order valence-corrected chi connectivity index (χ2v) is 6.74. The lowest BCUT2D eigenvalue weighted by molar-refractivity contribution is 1.54. The summed E-state index contributed by atoms with van der Waals surface area (Å²) in [6.45, 7) is 4.44. The normalized spacial score (nSPS) is 11.8. The van der Waals surface area contributed by atoms with E-state index in [0.717, 1.165) is 0 Å². The molecule has 0 aliphatic rings. The van der Waals surface area contributed by atoms with Crippen LogP contribution in [0.3, 0.4) is 0 Å². The van der Waals surface area contributed by atoms with Gasteiger partial charge in [0.05, 0.1) is 0 Å². The molecule has 5 rings (SSSR count). The first-order valence-corrected chi connectivity index (χ1v) is 8.47. The van der Waals surface area contributed by atoms with Crippen LogP contribution in [0, 0.1) is 13.8 Å². The van der Waals surface area contributed by atoms with Gasteiger partial charge in [-0.25, -0.2) is 0 Å². The summed E-state index contributed by atoms with van der Waals surface area (Å²) in [5.41, 5.74) is 2.69. The summed E-state index contributed by atoms with van der Waals surface area (Å²) in [5, 5.41) is 10.8. The number of benzene rings is 5. The fourth-order valence-electron chi connectivity index (χ4n) is 4.15. The monoisotopic (exact) mass is 306 g/mol. The second-order valence-electron chi connectivity index (χ2n) is 6.74. The molecule has 0 heteroatoms. The molecule has 0 unspecified atom stereocenters. The van der Waals surface area contributed by atoms with Crippen LogP contribution in [0.25, 0.3) is 43.1 Å².